The lowest BCUT2D eigenvalue weighted by Crippen LogP contribution is -2.39. The molecule has 2 rings (SSSR count). The van der Waals surface area contributed by atoms with E-state index in [0.29, 0.717) is 25.0 Å². The fourth-order valence-electron chi connectivity index (χ4n) is 1.99. The van der Waals surface area contributed by atoms with Crippen molar-refractivity contribution in [1.82, 2.24) is 4.90 Å². The van der Waals surface area contributed by atoms with Crippen molar-refractivity contribution in [1.29, 1.82) is 0 Å². The minimum absolute atomic E-state index is 0.144. The van der Waals surface area contributed by atoms with Gasteiger partial charge in [0.15, 0.2) is 0 Å². The molecule has 0 saturated heterocycles. The van der Waals surface area contributed by atoms with Crippen LogP contribution in [0.2, 0.25) is 0 Å². The van der Waals surface area contributed by atoms with Gasteiger partial charge in [0, 0.05) is 18.2 Å². The maximum atomic E-state index is 13.6. The number of hydrogen-bond acceptors (Lipinski definition) is 3. The number of ether oxygens (including phenoxy) is 1. The first kappa shape index (κ1) is 15.3. The molecule has 21 heavy (non-hydrogen) atoms. The molecule has 7 heteroatoms. The first-order valence-corrected chi connectivity index (χ1v) is 6.55. The van der Waals surface area contributed by atoms with E-state index in [1.807, 2.05) is 0 Å². The molecular weight excluding hydrogens is 287 g/mol. The van der Waals surface area contributed by atoms with Gasteiger partial charge in [0.2, 0.25) is 0 Å². The molecular formula is C14H14F3NO3. The SMILES string of the molecule is CCOC(=O)CN(C(=O)c1c(F)cc(F)cc1F)C1CC1. The number of carbonyl (C=O) groups excluding carboxylic acids is 2. The van der Waals surface area contributed by atoms with E-state index in [4.69, 9.17) is 4.74 Å². The maximum absolute atomic E-state index is 13.6. The van der Waals surface area contributed by atoms with Crippen LogP contribution in [0, 0.1) is 17.5 Å². The van der Waals surface area contributed by atoms with Gasteiger partial charge in [0.25, 0.3) is 5.91 Å². The lowest BCUT2D eigenvalue weighted by molar-refractivity contribution is -0.144. The second kappa shape index (κ2) is 6.15. The standard InChI is InChI=1S/C14H14F3NO3/c1-2-21-12(19)7-18(9-3-4-9)14(20)13-10(16)5-8(15)6-11(13)17/h5-6,9H,2-4,7H2,1H3. The van der Waals surface area contributed by atoms with Crippen molar-refractivity contribution < 1.29 is 27.5 Å². The van der Waals surface area contributed by atoms with Crippen LogP contribution >= 0.6 is 0 Å². The molecule has 1 saturated carbocycles. The van der Waals surface area contributed by atoms with Crippen LogP contribution in [0.1, 0.15) is 30.1 Å². The highest BCUT2D eigenvalue weighted by Gasteiger charge is 2.36. The average molecular weight is 301 g/mol. The van der Waals surface area contributed by atoms with E-state index in [0.717, 1.165) is 4.90 Å². The molecule has 1 aliphatic rings. The van der Waals surface area contributed by atoms with Gasteiger partial charge in [-0.25, -0.2) is 13.2 Å². The predicted octanol–water partition coefficient (Wildman–Crippen LogP) is 2.27. The Kier molecular flexibility index (Phi) is 4.50. The Morgan fingerprint density at radius 1 is 1.24 bits per heavy atom. The number of carbonyl (C=O) groups is 2. The third-order valence-corrected chi connectivity index (χ3v) is 3.07. The van der Waals surface area contributed by atoms with Crippen LogP contribution in [0.15, 0.2) is 12.1 Å². The Hall–Kier alpha value is -2.05. The molecule has 0 unspecified atom stereocenters. The number of hydrogen-bond donors (Lipinski definition) is 0. The van der Waals surface area contributed by atoms with E-state index in [-0.39, 0.29) is 19.2 Å². The number of halogens is 3. The molecule has 0 aromatic heterocycles. The summed E-state index contributed by atoms with van der Waals surface area (Å²) in [6, 6.07) is 0.628. The molecule has 0 atom stereocenters. The Bertz CT molecular complexity index is 550. The summed E-state index contributed by atoms with van der Waals surface area (Å²) in [7, 11) is 0. The molecule has 1 fully saturated rings. The minimum Gasteiger partial charge on any atom is -0.465 e. The molecule has 0 radical (unpaired) electrons. The first-order chi connectivity index (χ1) is 9.93. The van der Waals surface area contributed by atoms with Crippen LogP contribution in [0.5, 0.6) is 0 Å². The maximum Gasteiger partial charge on any atom is 0.325 e. The van der Waals surface area contributed by atoms with Crippen LogP contribution < -0.4 is 0 Å². The smallest absolute Gasteiger partial charge is 0.325 e. The highest BCUT2D eigenvalue weighted by Crippen LogP contribution is 2.29. The van der Waals surface area contributed by atoms with Crippen molar-refractivity contribution in [3.63, 3.8) is 0 Å². The van der Waals surface area contributed by atoms with Gasteiger partial charge in [-0.3, -0.25) is 9.59 Å². The van der Waals surface area contributed by atoms with Crippen LogP contribution in [0.25, 0.3) is 0 Å². The van der Waals surface area contributed by atoms with Gasteiger partial charge >= 0.3 is 5.97 Å². The largest absolute Gasteiger partial charge is 0.465 e. The third kappa shape index (κ3) is 3.53. The molecule has 4 nitrogen and oxygen atoms in total. The zero-order valence-electron chi connectivity index (χ0n) is 11.4. The van der Waals surface area contributed by atoms with Gasteiger partial charge in [0.1, 0.15) is 29.6 Å². The molecule has 1 aliphatic carbocycles. The van der Waals surface area contributed by atoms with Crippen LogP contribution in [0.3, 0.4) is 0 Å². The molecule has 1 amide bonds. The van der Waals surface area contributed by atoms with Crippen molar-refractivity contribution in [3.05, 3.63) is 35.1 Å². The predicted molar refractivity (Wildman–Crippen MR) is 67.0 cm³/mol. The summed E-state index contributed by atoms with van der Waals surface area (Å²) < 4.78 is 44.9. The molecule has 0 bridgehead atoms. The molecule has 0 spiro atoms. The van der Waals surface area contributed by atoms with E-state index in [1.54, 1.807) is 6.92 Å². The van der Waals surface area contributed by atoms with Gasteiger partial charge in [-0.2, -0.15) is 0 Å². The zero-order valence-corrected chi connectivity index (χ0v) is 11.4. The monoisotopic (exact) mass is 301 g/mol. The fraction of sp³-hybridized carbons (Fsp3) is 0.429. The van der Waals surface area contributed by atoms with Gasteiger partial charge in [-0.15, -0.1) is 0 Å². The Morgan fingerprint density at radius 2 is 1.81 bits per heavy atom. The summed E-state index contributed by atoms with van der Waals surface area (Å²) in [5.41, 5.74) is -0.854. The summed E-state index contributed by atoms with van der Waals surface area (Å²) in [5, 5.41) is 0. The van der Waals surface area contributed by atoms with Gasteiger partial charge in [-0.05, 0) is 19.8 Å². The fourth-order valence-corrected chi connectivity index (χ4v) is 1.99. The number of esters is 1. The highest BCUT2D eigenvalue weighted by atomic mass is 19.1. The molecule has 1 aromatic rings. The number of amides is 1. The second-order valence-corrected chi connectivity index (χ2v) is 4.71. The second-order valence-electron chi connectivity index (χ2n) is 4.71. The molecule has 1 aromatic carbocycles. The Balaban J connectivity index is 2.25. The van der Waals surface area contributed by atoms with E-state index < -0.39 is 34.9 Å². The topological polar surface area (TPSA) is 46.6 Å². The number of rotatable bonds is 5. The Morgan fingerprint density at radius 3 is 2.29 bits per heavy atom. The molecule has 0 aliphatic heterocycles. The molecule has 0 N–H and O–H groups in total. The molecule has 0 heterocycles. The van der Waals surface area contributed by atoms with Crippen molar-refractivity contribution in [2.75, 3.05) is 13.2 Å². The third-order valence-electron chi connectivity index (χ3n) is 3.07. The number of benzene rings is 1. The van der Waals surface area contributed by atoms with Crippen LogP contribution in [-0.2, 0) is 9.53 Å². The van der Waals surface area contributed by atoms with Crippen molar-refractivity contribution in [2.45, 2.75) is 25.8 Å². The minimum atomic E-state index is -1.29. The van der Waals surface area contributed by atoms with E-state index in [9.17, 15) is 22.8 Å². The quantitative estimate of drug-likeness (QED) is 0.784. The van der Waals surface area contributed by atoms with Gasteiger partial charge in [0.05, 0.1) is 6.61 Å². The van der Waals surface area contributed by atoms with E-state index in [2.05, 4.69) is 0 Å². The van der Waals surface area contributed by atoms with Crippen molar-refractivity contribution >= 4 is 11.9 Å². The average Bonchev–Trinajstić information content (AvgIpc) is 3.19. The normalized spacial score (nSPS) is 13.9. The van der Waals surface area contributed by atoms with Gasteiger partial charge < -0.3 is 9.64 Å². The Labute approximate surface area is 119 Å². The van der Waals surface area contributed by atoms with Crippen molar-refractivity contribution in [2.24, 2.45) is 0 Å². The van der Waals surface area contributed by atoms with E-state index >= 15 is 0 Å². The van der Waals surface area contributed by atoms with Crippen molar-refractivity contribution in [3.8, 4) is 0 Å². The van der Waals surface area contributed by atoms with E-state index in [1.165, 1.54) is 0 Å². The number of nitrogens with zero attached hydrogens (tertiary/aromatic N) is 1. The van der Waals surface area contributed by atoms with Crippen LogP contribution in [0.4, 0.5) is 13.2 Å². The lowest BCUT2D eigenvalue weighted by atomic mass is 10.1. The van der Waals surface area contributed by atoms with Gasteiger partial charge in [-0.1, -0.05) is 0 Å². The summed E-state index contributed by atoms with van der Waals surface area (Å²) in [6.45, 7) is 1.37. The summed E-state index contributed by atoms with van der Waals surface area (Å²) in [6.07, 6.45) is 1.30. The summed E-state index contributed by atoms with van der Waals surface area (Å²) in [4.78, 5) is 24.8. The first-order valence-electron chi connectivity index (χ1n) is 6.55. The summed E-state index contributed by atoms with van der Waals surface area (Å²) in [5.74, 6) is -5.30. The highest BCUT2D eigenvalue weighted by molar-refractivity contribution is 5.96. The summed E-state index contributed by atoms with van der Waals surface area (Å²) >= 11 is 0. The van der Waals surface area contributed by atoms with Crippen LogP contribution in [-0.4, -0.2) is 36.0 Å². The lowest BCUT2D eigenvalue weighted by Gasteiger charge is -2.21. The zero-order chi connectivity index (χ0) is 15.6. The molecule has 114 valence electrons.